The second kappa shape index (κ2) is 7.74. The van der Waals surface area contributed by atoms with Gasteiger partial charge >= 0.3 is 6.03 Å². The average molecular weight is 412 g/mol. The summed E-state index contributed by atoms with van der Waals surface area (Å²) in [5.74, 6) is -0.495. The molecule has 0 saturated carbocycles. The van der Waals surface area contributed by atoms with Crippen LogP contribution in [0.4, 0.5) is 26.2 Å². The number of fused-ring (bicyclic) bond motifs is 1. The molecule has 0 fully saturated rings. The Morgan fingerprint density at radius 1 is 1.19 bits per heavy atom. The van der Waals surface area contributed by atoms with Crippen LogP contribution < -0.4 is 14.9 Å². The van der Waals surface area contributed by atoms with Crippen LogP contribution in [0, 0.1) is 5.82 Å². The van der Waals surface area contributed by atoms with Crippen molar-refractivity contribution in [2.24, 2.45) is 0 Å². The second-order valence-electron chi connectivity index (χ2n) is 6.19. The molecule has 6 nitrogen and oxygen atoms in total. The Kier molecular flexibility index (Phi) is 5.57. The molecule has 2 aromatic carbocycles. The van der Waals surface area contributed by atoms with Crippen molar-refractivity contribution in [2.45, 2.75) is 19.8 Å². The van der Waals surface area contributed by atoms with Crippen molar-refractivity contribution >= 4 is 44.7 Å². The molecular formula is C18H19ClFN3O3S. The van der Waals surface area contributed by atoms with E-state index in [2.05, 4.69) is 10.6 Å². The standard InChI is InChI=1S/C18H19ClFN3O3S/c1-2-9-27(25,26)23-8-7-12-3-4-14(11-17(12)23)22-18(24)21-13-5-6-16(20)15(19)10-13/h3-6,10-11H,2,7-9H2,1H3,(H2,21,22,24). The maximum atomic E-state index is 13.2. The molecule has 27 heavy (non-hydrogen) atoms. The Hall–Kier alpha value is -2.32. The molecule has 0 aliphatic carbocycles. The number of hydrogen-bond donors (Lipinski definition) is 2. The van der Waals surface area contributed by atoms with Gasteiger partial charge in [-0.25, -0.2) is 17.6 Å². The van der Waals surface area contributed by atoms with E-state index in [1.807, 2.05) is 6.92 Å². The zero-order chi connectivity index (χ0) is 19.6. The van der Waals surface area contributed by atoms with Gasteiger partial charge in [-0.1, -0.05) is 24.6 Å². The average Bonchev–Trinajstić information content (AvgIpc) is 3.02. The normalized spacial score (nSPS) is 13.4. The Morgan fingerprint density at radius 3 is 2.52 bits per heavy atom. The first-order valence-corrected chi connectivity index (χ1v) is 10.5. The highest BCUT2D eigenvalue weighted by atomic mass is 35.5. The fourth-order valence-corrected chi connectivity index (χ4v) is 4.71. The van der Waals surface area contributed by atoms with Crippen molar-refractivity contribution < 1.29 is 17.6 Å². The first-order chi connectivity index (χ1) is 12.8. The lowest BCUT2D eigenvalue weighted by atomic mass is 10.1. The maximum absolute atomic E-state index is 13.2. The van der Waals surface area contributed by atoms with Crippen molar-refractivity contribution in [1.82, 2.24) is 0 Å². The maximum Gasteiger partial charge on any atom is 0.323 e. The van der Waals surface area contributed by atoms with E-state index in [0.717, 1.165) is 11.6 Å². The summed E-state index contributed by atoms with van der Waals surface area (Å²) < 4.78 is 39.4. The monoisotopic (exact) mass is 411 g/mol. The molecule has 1 heterocycles. The Balaban J connectivity index is 1.75. The fourth-order valence-electron chi connectivity index (χ4n) is 2.95. The minimum Gasteiger partial charge on any atom is -0.308 e. The number of nitrogens with zero attached hydrogens (tertiary/aromatic N) is 1. The van der Waals surface area contributed by atoms with Crippen LogP contribution in [0.3, 0.4) is 0 Å². The van der Waals surface area contributed by atoms with Crippen molar-refractivity contribution in [3.05, 3.63) is 52.8 Å². The number of carbonyl (C=O) groups is 1. The summed E-state index contributed by atoms with van der Waals surface area (Å²) in [6, 6.07) is 8.48. The zero-order valence-corrected chi connectivity index (χ0v) is 16.2. The van der Waals surface area contributed by atoms with Crippen molar-refractivity contribution in [3.8, 4) is 0 Å². The molecule has 1 aliphatic rings. The van der Waals surface area contributed by atoms with E-state index in [1.54, 1.807) is 18.2 Å². The lowest BCUT2D eigenvalue weighted by Gasteiger charge is -2.19. The number of anilines is 3. The van der Waals surface area contributed by atoms with Gasteiger partial charge in [-0.05, 0) is 48.7 Å². The molecular weight excluding hydrogens is 393 g/mol. The Labute approximate surface area is 162 Å². The van der Waals surface area contributed by atoms with E-state index in [-0.39, 0.29) is 10.8 Å². The van der Waals surface area contributed by atoms with E-state index in [1.165, 1.54) is 16.4 Å². The van der Waals surface area contributed by atoms with Crippen molar-refractivity contribution in [3.63, 3.8) is 0 Å². The van der Waals surface area contributed by atoms with Crippen molar-refractivity contribution in [1.29, 1.82) is 0 Å². The molecule has 0 bridgehead atoms. The molecule has 0 radical (unpaired) electrons. The van der Waals surface area contributed by atoms with Gasteiger partial charge in [0, 0.05) is 17.9 Å². The summed E-state index contributed by atoms with van der Waals surface area (Å²) in [4.78, 5) is 12.2. The largest absolute Gasteiger partial charge is 0.323 e. The summed E-state index contributed by atoms with van der Waals surface area (Å²) in [7, 11) is -3.37. The predicted octanol–water partition coefficient (Wildman–Crippen LogP) is 4.23. The van der Waals surface area contributed by atoms with E-state index in [0.29, 0.717) is 36.4 Å². The number of urea groups is 1. The SMILES string of the molecule is CCCS(=O)(=O)N1CCc2ccc(NC(=O)Nc3ccc(F)c(Cl)c3)cc21. The molecule has 144 valence electrons. The highest BCUT2D eigenvalue weighted by Gasteiger charge is 2.29. The van der Waals surface area contributed by atoms with Crippen LogP contribution >= 0.6 is 11.6 Å². The highest BCUT2D eigenvalue weighted by Crippen LogP contribution is 2.33. The molecule has 0 saturated heterocycles. The smallest absolute Gasteiger partial charge is 0.308 e. The van der Waals surface area contributed by atoms with Gasteiger partial charge in [0.05, 0.1) is 16.5 Å². The lowest BCUT2D eigenvalue weighted by molar-refractivity contribution is 0.262. The van der Waals surface area contributed by atoms with E-state index >= 15 is 0 Å². The van der Waals surface area contributed by atoms with Gasteiger partial charge < -0.3 is 10.6 Å². The van der Waals surface area contributed by atoms with E-state index < -0.39 is 21.9 Å². The second-order valence-corrected chi connectivity index (χ2v) is 8.61. The highest BCUT2D eigenvalue weighted by molar-refractivity contribution is 7.92. The molecule has 0 aromatic heterocycles. The van der Waals surface area contributed by atoms with Gasteiger partial charge in [-0.15, -0.1) is 0 Å². The Bertz CT molecular complexity index is 982. The quantitative estimate of drug-likeness (QED) is 0.772. The van der Waals surface area contributed by atoms with Gasteiger partial charge in [-0.3, -0.25) is 4.31 Å². The van der Waals surface area contributed by atoms with Crippen LogP contribution in [-0.4, -0.2) is 26.7 Å². The number of hydrogen-bond acceptors (Lipinski definition) is 3. The molecule has 2 amide bonds. The van der Waals surface area contributed by atoms with Gasteiger partial charge in [0.2, 0.25) is 10.0 Å². The number of carbonyl (C=O) groups excluding carboxylic acids is 1. The molecule has 9 heteroatoms. The topological polar surface area (TPSA) is 78.5 Å². The van der Waals surface area contributed by atoms with Crippen LogP contribution in [0.15, 0.2) is 36.4 Å². The van der Waals surface area contributed by atoms with Crippen LogP contribution in [-0.2, 0) is 16.4 Å². The van der Waals surface area contributed by atoms with Gasteiger partial charge in [-0.2, -0.15) is 0 Å². The number of nitrogens with one attached hydrogen (secondary N) is 2. The third-order valence-electron chi connectivity index (χ3n) is 4.17. The first-order valence-electron chi connectivity index (χ1n) is 8.46. The fraction of sp³-hybridized carbons (Fsp3) is 0.278. The summed E-state index contributed by atoms with van der Waals surface area (Å²) in [6.45, 7) is 2.22. The lowest BCUT2D eigenvalue weighted by Crippen LogP contribution is -2.31. The van der Waals surface area contributed by atoms with Crippen LogP contribution in [0.25, 0.3) is 0 Å². The molecule has 0 atom stereocenters. The number of benzene rings is 2. The van der Waals surface area contributed by atoms with Crippen LogP contribution in [0.2, 0.25) is 5.02 Å². The van der Waals surface area contributed by atoms with Gasteiger partial charge in [0.15, 0.2) is 0 Å². The third kappa shape index (κ3) is 4.33. The molecule has 0 unspecified atom stereocenters. The number of rotatable bonds is 5. The van der Waals surface area contributed by atoms with Crippen LogP contribution in [0.5, 0.6) is 0 Å². The molecule has 2 aromatic rings. The number of halogens is 2. The summed E-state index contributed by atoms with van der Waals surface area (Å²) in [6.07, 6.45) is 1.17. The third-order valence-corrected chi connectivity index (χ3v) is 6.44. The minimum absolute atomic E-state index is 0.0793. The molecule has 3 rings (SSSR count). The minimum atomic E-state index is -3.37. The predicted molar refractivity (Wildman–Crippen MR) is 106 cm³/mol. The van der Waals surface area contributed by atoms with Gasteiger partial charge in [0.25, 0.3) is 0 Å². The van der Waals surface area contributed by atoms with Crippen LogP contribution in [0.1, 0.15) is 18.9 Å². The molecule has 0 spiro atoms. The van der Waals surface area contributed by atoms with E-state index in [9.17, 15) is 17.6 Å². The number of sulfonamides is 1. The Morgan fingerprint density at radius 2 is 1.85 bits per heavy atom. The number of amides is 2. The van der Waals surface area contributed by atoms with E-state index in [4.69, 9.17) is 11.6 Å². The first kappa shape index (κ1) is 19.4. The van der Waals surface area contributed by atoms with Gasteiger partial charge in [0.1, 0.15) is 5.82 Å². The van der Waals surface area contributed by atoms with Crippen molar-refractivity contribution in [2.75, 3.05) is 27.2 Å². The molecule has 2 N–H and O–H groups in total. The molecule has 1 aliphatic heterocycles. The summed E-state index contributed by atoms with van der Waals surface area (Å²) in [5.41, 5.74) is 2.31. The zero-order valence-electron chi connectivity index (χ0n) is 14.6. The summed E-state index contributed by atoms with van der Waals surface area (Å²) in [5, 5.41) is 5.11. The summed E-state index contributed by atoms with van der Waals surface area (Å²) >= 11 is 5.70.